The number of hydrogen-bond donors (Lipinski definition) is 2. The second-order valence-electron chi connectivity index (χ2n) is 4.76. The number of anilines is 1. The van der Waals surface area contributed by atoms with Crippen LogP contribution in [-0.4, -0.2) is 27.9 Å². The lowest BCUT2D eigenvalue weighted by atomic mass is 10.1. The van der Waals surface area contributed by atoms with Crippen molar-refractivity contribution in [3.05, 3.63) is 45.2 Å². The number of aromatic nitrogens is 3. The molecule has 3 rings (SSSR count). The zero-order valence-electron chi connectivity index (χ0n) is 10.6. The number of piperidine rings is 1. The van der Waals surface area contributed by atoms with Gasteiger partial charge in [-0.15, -0.1) is 0 Å². The van der Waals surface area contributed by atoms with Gasteiger partial charge in [-0.25, -0.2) is 24.4 Å². The van der Waals surface area contributed by atoms with Gasteiger partial charge in [-0.05, 0) is 43.5 Å². The molecule has 0 unspecified atom stereocenters. The van der Waals surface area contributed by atoms with E-state index in [1.807, 2.05) is 12.1 Å². The van der Waals surface area contributed by atoms with E-state index in [2.05, 4.69) is 15.1 Å². The normalized spacial score (nSPS) is 15.7. The van der Waals surface area contributed by atoms with Crippen LogP contribution in [0.5, 0.6) is 0 Å². The van der Waals surface area contributed by atoms with Crippen molar-refractivity contribution in [3.8, 4) is 5.69 Å². The van der Waals surface area contributed by atoms with Crippen molar-refractivity contribution in [2.45, 2.75) is 19.3 Å². The van der Waals surface area contributed by atoms with Crippen LogP contribution in [0.1, 0.15) is 19.3 Å². The van der Waals surface area contributed by atoms with Crippen molar-refractivity contribution in [2.24, 2.45) is 0 Å². The molecule has 0 saturated carbocycles. The van der Waals surface area contributed by atoms with Crippen LogP contribution < -0.4 is 16.3 Å². The number of nitrogens with zero attached hydrogens (tertiary/aromatic N) is 2. The predicted octanol–water partition coefficient (Wildman–Crippen LogP) is 0.844. The Morgan fingerprint density at radius 1 is 0.789 bits per heavy atom. The van der Waals surface area contributed by atoms with Crippen LogP contribution >= 0.6 is 0 Å². The van der Waals surface area contributed by atoms with Crippen molar-refractivity contribution < 1.29 is 0 Å². The Hall–Kier alpha value is -2.24. The second kappa shape index (κ2) is 4.79. The molecule has 1 saturated heterocycles. The molecule has 2 aromatic rings. The molecular formula is C13H16N4O2. The van der Waals surface area contributed by atoms with Gasteiger partial charge >= 0.3 is 11.4 Å². The fraction of sp³-hybridized carbons (Fsp3) is 0.385. The van der Waals surface area contributed by atoms with E-state index < -0.39 is 11.4 Å². The molecule has 0 atom stereocenters. The highest BCUT2D eigenvalue weighted by molar-refractivity contribution is 5.51. The van der Waals surface area contributed by atoms with Crippen molar-refractivity contribution in [1.82, 2.24) is 14.8 Å². The summed E-state index contributed by atoms with van der Waals surface area (Å²) in [6.45, 7) is 2.15. The van der Waals surface area contributed by atoms with E-state index in [1.54, 1.807) is 12.1 Å². The molecule has 19 heavy (non-hydrogen) atoms. The van der Waals surface area contributed by atoms with Gasteiger partial charge in [0, 0.05) is 18.8 Å². The molecule has 0 amide bonds. The average molecular weight is 260 g/mol. The molecule has 1 aromatic carbocycles. The maximum atomic E-state index is 11.5. The lowest BCUT2D eigenvalue weighted by Crippen LogP contribution is -2.29. The maximum absolute atomic E-state index is 11.5. The summed E-state index contributed by atoms with van der Waals surface area (Å²) in [5, 5.41) is 4.55. The van der Waals surface area contributed by atoms with Gasteiger partial charge in [0.05, 0.1) is 5.69 Å². The van der Waals surface area contributed by atoms with Crippen LogP contribution in [0, 0.1) is 0 Å². The van der Waals surface area contributed by atoms with E-state index in [0.29, 0.717) is 5.69 Å². The summed E-state index contributed by atoms with van der Waals surface area (Å²) >= 11 is 0. The van der Waals surface area contributed by atoms with Crippen molar-refractivity contribution in [1.29, 1.82) is 0 Å². The van der Waals surface area contributed by atoms with Crippen molar-refractivity contribution in [3.63, 3.8) is 0 Å². The van der Waals surface area contributed by atoms with Crippen LogP contribution in [0.4, 0.5) is 5.69 Å². The SMILES string of the molecule is O=c1[nH][nH]c(=O)n1-c1ccc(N2CCCCC2)cc1. The van der Waals surface area contributed by atoms with E-state index in [0.717, 1.165) is 23.3 Å². The third-order valence-electron chi connectivity index (χ3n) is 3.51. The van der Waals surface area contributed by atoms with E-state index >= 15 is 0 Å². The Kier molecular flexibility index (Phi) is 2.98. The number of benzene rings is 1. The quantitative estimate of drug-likeness (QED) is 0.840. The maximum Gasteiger partial charge on any atom is 0.348 e. The van der Waals surface area contributed by atoms with Gasteiger partial charge in [-0.1, -0.05) is 0 Å². The van der Waals surface area contributed by atoms with Gasteiger partial charge < -0.3 is 4.90 Å². The lowest BCUT2D eigenvalue weighted by molar-refractivity contribution is 0.578. The topological polar surface area (TPSA) is 73.9 Å². The minimum absolute atomic E-state index is 0.448. The molecule has 1 fully saturated rings. The van der Waals surface area contributed by atoms with Gasteiger partial charge in [0.15, 0.2) is 0 Å². The van der Waals surface area contributed by atoms with Crippen LogP contribution in [-0.2, 0) is 0 Å². The number of nitrogens with one attached hydrogen (secondary N) is 2. The first-order valence-corrected chi connectivity index (χ1v) is 6.51. The summed E-state index contributed by atoms with van der Waals surface area (Å²) in [5.41, 5.74) is 0.822. The highest BCUT2D eigenvalue weighted by atomic mass is 16.2. The standard InChI is InChI=1S/C13H16N4O2/c18-12-14-15-13(19)17(12)11-6-4-10(5-7-11)16-8-2-1-3-9-16/h4-7H,1-3,8-9H2,(H,14,18)(H,15,19). The molecule has 0 bridgehead atoms. The monoisotopic (exact) mass is 260 g/mol. The second-order valence-corrected chi connectivity index (χ2v) is 4.76. The molecule has 1 aromatic heterocycles. The van der Waals surface area contributed by atoms with Crippen LogP contribution in [0.25, 0.3) is 5.69 Å². The molecule has 6 nitrogen and oxygen atoms in total. The third kappa shape index (κ3) is 2.21. The van der Waals surface area contributed by atoms with Crippen LogP contribution in [0.3, 0.4) is 0 Å². The van der Waals surface area contributed by atoms with Crippen molar-refractivity contribution in [2.75, 3.05) is 18.0 Å². The molecule has 6 heteroatoms. The highest BCUT2D eigenvalue weighted by Crippen LogP contribution is 2.20. The van der Waals surface area contributed by atoms with Gasteiger partial charge in [0.2, 0.25) is 0 Å². The Morgan fingerprint density at radius 2 is 1.32 bits per heavy atom. The summed E-state index contributed by atoms with van der Waals surface area (Å²) in [5.74, 6) is 0. The molecule has 0 spiro atoms. The first-order chi connectivity index (χ1) is 9.25. The highest BCUT2D eigenvalue weighted by Gasteiger charge is 2.11. The fourth-order valence-corrected chi connectivity index (χ4v) is 2.51. The van der Waals surface area contributed by atoms with Gasteiger partial charge in [-0.2, -0.15) is 0 Å². The number of hydrogen-bond acceptors (Lipinski definition) is 3. The first-order valence-electron chi connectivity index (χ1n) is 6.51. The Balaban J connectivity index is 1.90. The molecule has 0 aliphatic carbocycles. The molecule has 2 N–H and O–H groups in total. The number of H-pyrrole nitrogens is 2. The molecule has 1 aliphatic heterocycles. The van der Waals surface area contributed by atoms with Crippen LogP contribution in [0.15, 0.2) is 33.9 Å². The zero-order valence-corrected chi connectivity index (χ0v) is 10.6. The lowest BCUT2D eigenvalue weighted by Gasteiger charge is -2.28. The van der Waals surface area contributed by atoms with Gasteiger partial charge in [0.1, 0.15) is 0 Å². The van der Waals surface area contributed by atoms with E-state index in [4.69, 9.17) is 0 Å². The fourth-order valence-electron chi connectivity index (χ4n) is 2.51. The third-order valence-corrected chi connectivity index (χ3v) is 3.51. The molecular weight excluding hydrogens is 244 g/mol. The van der Waals surface area contributed by atoms with E-state index in [1.165, 1.54) is 19.3 Å². The van der Waals surface area contributed by atoms with Gasteiger partial charge in [-0.3, -0.25) is 0 Å². The Labute approximate surface area is 109 Å². The summed E-state index contributed by atoms with van der Waals surface area (Å²) in [6, 6.07) is 7.52. The molecule has 1 aliphatic rings. The first kappa shape index (κ1) is 11.8. The summed E-state index contributed by atoms with van der Waals surface area (Å²) in [4.78, 5) is 25.3. The van der Waals surface area contributed by atoms with E-state index in [-0.39, 0.29) is 0 Å². The van der Waals surface area contributed by atoms with Crippen molar-refractivity contribution >= 4 is 5.69 Å². The zero-order chi connectivity index (χ0) is 13.2. The largest absolute Gasteiger partial charge is 0.372 e. The summed E-state index contributed by atoms with van der Waals surface area (Å²) < 4.78 is 1.08. The Morgan fingerprint density at radius 3 is 1.89 bits per heavy atom. The average Bonchev–Trinajstić information content (AvgIpc) is 2.79. The summed E-state index contributed by atoms with van der Waals surface area (Å²) in [7, 11) is 0. The van der Waals surface area contributed by atoms with E-state index in [9.17, 15) is 9.59 Å². The minimum Gasteiger partial charge on any atom is -0.372 e. The minimum atomic E-state index is -0.448. The number of rotatable bonds is 2. The number of aromatic amines is 2. The molecule has 0 radical (unpaired) electrons. The predicted molar refractivity (Wildman–Crippen MR) is 73.1 cm³/mol. The van der Waals surface area contributed by atoms with Gasteiger partial charge in [0.25, 0.3) is 0 Å². The summed E-state index contributed by atoms with van der Waals surface area (Å²) in [6.07, 6.45) is 3.74. The Bertz CT molecular complexity index is 631. The smallest absolute Gasteiger partial charge is 0.348 e. The molecule has 2 heterocycles. The van der Waals surface area contributed by atoms with Crippen LogP contribution in [0.2, 0.25) is 0 Å². The molecule has 100 valence electrons.